The number of thiophene rings is 1. The van der Waals surface area contributed by atoms with Crippen molar-refractivity contribution in [1.29, 1.82) is 0 Å². The molecule has 2 atom stereocenters. The maximum absolute atomic E-state index is 5.81. The first-order valence-electron chi connectivity index (χ1n) is 6.12. The first-order chi connectivity index (χ1) is 7.72. The fourth-order valence-corrected chi connectivity index (χ4v) is 2.72. The number of ether oxygens (including phenoxy) is 1. The fraction of sp³-hybridized carbons (Fsp3) is 0.692. The van der Waals surface area contributed by atoms with Crippen LogP contribution in [0.4, 0.5) is 0 Å². The minimum absolute atomic E-state index is 0.277. The monoisotopic (exact) mass is 241 g/mol. The van der Waals surface area contributed by atoms with Gasteiger partial charge in [0.1, 0.15) is 0 Å². The van der Waals surface area contributed by atoms with Gasteiger partial charge >= 0.3 is 0 Å². The summed E-state index contributed by atoms with van der Waals surface area (Å²) < 4.78 is 5.81. The Hall–Kier alpha value is -0.380. The number of likely N-dealkylation sites (N-methyl/N-ethyl adjacent to an activating group) is 1. The predicted octanol–water partition coefficient (Wildman–Crippen LogP) is 3.52. The van der Waals surface area contributed by atoms with Gasteiger partial charge in [-0.2, -0.15) is 0 Å². The van der Waals surface area contributed by atoms with Gasteiger partial charge in [-0.1, -0.05) is 13.8 Å². The van der Waals surface area contributed by atoms with Crippen molar-refractivity contribution >= 4 is 11.3 Å². The van der Waals surface area contributed by atoms with Crippen LogP contribution in [0.15, 0.2) is 11.4 Å². The first-order valence-corrected chi connectivity index (χ1v) is 7.00. The summed E-state index contributed by atoms with van der Waals surface area (Å²) in [6.45, 7) is 10.3. The lowest BCUT2D eigenvalue weighted by atomic mass is 10.0. The molecule has 0 bridgehead atoms. The lowest BCUT2D eigenvalue weighted by molar-refractivity contribution is 0.0319. The van der Waals surface area contributed by atoms with Gasteiger partial charge in [0.05, 0.1) is 12.1 Å². The molecule has 92 valence electrons. The maximum atomic E-state index is 5.81. The molecule has 0 aliphatic carbocycles. The molecule has 0 saturated carbocycles. The zero-order valence-electron chi connectivity index (χ0n) is 10.7. The van der Waals surface area contributed by atoms with Gasteiger partial charge < -0.3 is 10.1 Å². The fourth-order valence-electron chi connectivity index (χ4n) is 1.97. The van der Waals surface area contributed by atoms with Crippen LogP contribution in [0, 0.1) is 6.92 Å². The van der Waals surface area contributed by atoms with E-state index < -0.39 is 0 Å². The molecule has 0 saturated heterocycles. The third-order valence-corrected chi connectivity index (χ3v) is 3.57. The van der Waals surface area contributed by atoms with Gasteiger partial charge in [0.2, 0.25) is 0 Å². The topological polar surface area (TPSA) is 21.3 Å². The smallest absolute Gasteiger partial charge is 0.0767 e. The van der Waals surface area contributed by atoms with Gasteiger partial charge in [-0.15, -0.1) is 11.3 Å². The molecule has 1 rings (SSSR count). The molecule has 1 aromatic rings. The SMILES string of the molecule is CCNC(c1csc(C)c1)C(CC)OCC. The molecule has 1 aromatic heterocycles. The minimum atomic E-state index is 0.277. The Morgan fingerprint density at radius 3 is 2.56 bits per heavy atom. The number of rotatable bonds is 7. The van der Waals surface area contributed by atoms with Crippen LogP contribution < -0.4 is 5.32 Å². The first kappa shape index (κ1) is 13.7. The van der Waals surface area contributed by atoms with Crippen molar-refractivity contribution in [2.75, 3.05) is 13.2 Å². The quantitative estimate of drug-likeness (QED) is 0.788. The summed E-state index contributed by atoms with van der Waals surface area (Å²) >= 11 is 1.81. The molecule has 0 fully saturated rings. The molecule has 0 spiro atoms. The number of hydrogen-bond acceptors (Lipinski definition) is 3. The van der Waals surface area contributed by atoms with Gasteiger partial charge in [0.25, 0.3) is 0 Å². The van der Waals surface area contributed by atoms with E-state index in [-0.39, 0.29) is 6.10 Å². The van der Waals surface area contributed by atoms with Crippen molar-refractivity contribution in [3.8, 4) is 0 Å². The van der Waals surface area contributed by atoms with Gasteiger partial charge in [0.15, 0.2) is 0 Å². The lowest BCUT2D eigenvalue weighted by Gasteiger charge is -2.26. The van der Waals surface area contributed by atoms with Crippen LogP contribution in [0.3, 0.4) is 0 Å². The maximum Gasteiger partial charge on any atom is 0.0767 e. The highest BCUT2D eigenvalue weighted by Gasteiger charge is 2.21. The Balaban J connectivity index is 2.79. The van der Waals surface area contributed by atoms with Crippen molar-refractivity contribution in [1.82, 2.24) is 5.32 Å². The van der Waals surface area contributed by atoms with Crippen molar-refractivity contribution in [3.63, 3.8) is 0 Å². The van der Waals surface area contributed by atoms with E-state index >= 15 is 0 Å². The highest BCUT2D eigenvalue weighted by molar-refractivity contribution is 7.10. The molecule has 0 aliphatic rings. The molecule has 0 aliphatic heterocycles. The molecule has 0 radical (unpaired) electrons. The Kier molecular flexibility index (Phi) is 6.03. The molecule has 1 N–H and O–H groups in total. The third-order valence-electron chi connectivity index (χ3n) is 2.69. The standard InChI is InChI=1S/C13H23NOS/c1-5-12(15-7-3)13(14-6-2)11-8-10(4)16-9-11/h8-9,12-14H,5-7H2,1-4H3. The van der Waals surface area contributed by atoms with Crippen LogP contribution in [0.2, 0.25) is 0 Å². The van der Waals surface area contributed by atoms with E-state index in [0.29, 0.717) is 6.04 Å². The van der Waals surface area contributed by atoms with Crippen LogP contribution >= 0.6 is 11.3 Å². The highest BCUT2D eigenvalue weighted by atomic mass is 32.1. The van der Waals surface area contributed by atoms with E-state index in [2.05, 4.69) is 44.5 Å². The van der Waals surface area contributed by atoms with Gasteiger partial charge in [-0.3, -0.25) is 0 Å². The molecular formula is C13H23NOS. The molecule has 16 heavy (non-hydrogen) atoms. The second-order valence-corrected chi connectivity index (χ2v) is 5.04. The van der Waals surface area contributed by atoms with Crippen molar-refractivity contribution < 1.29 is 4.74 Å². The van der Waals surface area contributed by atoms with Gasteiger partial charge in [-0.25, -0.2) is 0 Å². The van der Waals surface area contributed by atoms with Gasteiger partial charge in [0, 0.05) is 11.5 Å². The average Bonchev–Trinajstić information content (AvgIpc) is 2.70. The molecule has 2 nitrogen and oxygen atoms in total. The zero-order valence-corrected chi connectivity index (χ0v) is 11.6. The summed E-state index contributed by atoms with van der Waals surface area (Å²) in [6.07, 6.45) is 1.32. The summed E-state index contributed by atoms with van der Waals surface area (Å²) in [5.74, 6) is 0. The van der Waals surface area contributed by atoms with Crippen LogP contribution in [0.5, 0.6) is 0 Å². The van der Waals surface area contributed by atoms with E-state index in [9.17, 15) is 0 Å². The van der Waals surface area contributed by atoms with E-state index in [0.717, 1.165) is 19.6 Å². The Labute approximate surface area is 103 Å². The molecule has 0 aromatic carbocycles. The largest absolute Gasteiger partial charge is 0.377 e. The average molecular weight is 241 g/mol. The molecule has 3 heteroatoms. The van der Waals surface area contributed by atoms with E-state index in [1.165, 1.54) is 10.4 Å². The van der Waals surface area contributed by atoms with Crippen molar-refractivity contribution in [2.24, 2.45) is 0 Å². The van der Waals surface area contributed by atoms with Crippen LogP contribution in [-0.4, -0.2) is 19.3 Å². The van der Waals surface area contributed by atoms with Crippen molar-refractivity contribution in [2.45, 2.75) is 46.3 Å². The zero-order chi connectivity index (χ0) is 12.0. The molecule has 0 amide bonds. The van der Waals surface area contributed by atoms with Crippen molar-refractivity contribution in [3.05, 3.63) is 21.9 Å². The van der Waals surface area contributed by atoms with E-state index in [1.54, 1.807) is 0 Å². The van der Waals surface area contributed by atoms with Crippen LogP contribution in [0.25, 0.3) is 0 Å². The van der Waals surface area contributed by atoms with E-state index in [1.807, 2.05) is 11.3 Å². The number of aryl methyl sites for hydroxylation is 1. The highest BCUT2D eigenvalue weighted by Crippen LogP contribution is 2.26. The lowest BCUT2D eigenvalue weighted by Crippen LogP contribution is -2.33. The Bertz CT molecular complexity index is 298. The normalized spacial score (nSPS) is 15.0. The molecule has 2 unspecified atom stereocenters. The Morgan fingerprint density at radius 2 is 2.12 bits per heavy atom. The Morgan fingerprint density at radius 1 is 1.38 bits per heavy atom. The summed E-state index contributed by atoms with van der Waals surface area (Å²) in [6, 6.07) is 2.60. The van der Waals surface area contributed by atoms with Crippen LogP contribution in [-0.2, 0) is 4.74 Å². The molecular weight excluding hydrogens is 218 g/mol. The van der Waals surface area contributed by atoms with E-state index in [4.69, 9.17) is 4.74 Å². The second-order valence-electron chi connectivity index (χ2n) is 3.93. The molecule has 1 heterocycles. The van der Waals surface area contributed by atoms with Crippen LogP contribution in [0.1, 0.15) is 43.7 Å². The minimum Gasteiger partial charge on any atom is -0.377 e. The van der Waals surface area contributed by atoms with Gasteiger partial charge in [-0.05, 0) is 43.8 Å². The summed E-state index contributed by atoms with van der Waals surface area (Å²) in [7, 11) is 0. The number of nitrogens with one attached hydrogen (secondary N) is 1. The predicted molar refractivity (Wildman–Crippen MR) is 71.2 cm³/mol. The third kappa shape index (κ3) is 3.58. The second kappa shape index (κ2) is 7.05. The summed E-state index contributed by atoms with van der Waals surface area (Å²) in [4.78, 5) is 1.37. The summed E-state index contributed by atoms with van der Waals surface area (Å²) in [5.41, 5.74) is 1.37. The number of hydrogen-bond donors (Lipinski definition) is 1. The summed E-state index contributed by atoms with van der Waals surface area (Å²) in [5, 5.41) is 5.77.